The summed E-state index contributed by atoms with van der Waals surface area (Å²) < 4.78 is 41.4. The fourth-order valence-electron chi connectivity index (χ4n) is 2.71. The smallest absolute Gasteiger partial charge is 0.358 e. The lowest BCUT2D eigenvalue weighted by Gasteiger charge is -2.13. The Morgan fingerprint density at radius 1 is 1.26 bits per heavy atom. The van der Waals surface area contributed by atoms with Gasteiger partial charge in [0, 0.05) is 31.2 Å². The molecule has 0 aliphatic rings. The van der Waals surface area contributed by atoms with Crippen LogP contribution in [0.5, 0.6) is 0 Å². The van der Waals surface area contributed by atoms with E-state index in [4.69, 9.17) is 0 Å². The molecule has 0 bridgehead atoms. The summed E-state index contributed by atoms with van der Waals surface area (Å²) in [4.78, 5) is 36.6. The molecule has 0 saturated heterocycles. The van der Waals surface area contributed by atoms with Gasteiger partial charge in [-0.2, -0.15) is 18.3 Å². The summed E-state index contributed by atoms with van der Waals surface area (Å²) in [7, 11) is 2.68. The monoisotopic (exact) mass is 381 g/mol. The van der Waals surface area contributed by atoms with E-state index >= 15 is 0 Å². The molecule has 0 spiro atoms. The molecule has 0 aliphatic carbocycles. The van der Waals surface area contributed by atoms with Crippen molar-refractivity contribution in [1.82, 2.24) is 24.6 Å². The molecule has 0 radical (unpaired) electrons. The molecule has 3 rings (SSSR count). The van der Waals surface area contributed by atoms with Crippen molar-refractivity contribution in [3.63, 3.8) is 0 Å². The number of carbonyl (C=O) groups excluding carboxylic acids is 1. The van der Waals surface area contributed by atoms with Crippen LogP contribution in [0.1, 0.15) is 5.56 Å². The Labute approximate surface area is 149 Å². The summed E-state index contributed by atoms with van der Waals surface area (Å²) in [5, 5.41) is 8.76. The van der Waals surface area contributed by atoms with Gasteiger partial charge in [0.15, 0.2) is 0 Å². The molecular formula is C16H14F3N5O3. The van der Waals surface area contributed by atoms with E-state index < -0.39 is 35.4 Å². The van der Waals surface area contributed by atoms with Crippen LogP contribution in [0, 0.1) is 0 Å². The molecule has 0 aliphatic heterocycles. The second-order valence-electron chi connectivity index (χ2n) is 5.85. The first-order chi connectivity index (χ1) is 12.6. The van der Waals surface area contributed by atoms with Crippen LogP contribution in [-0.2, 0) is 24.6 Å². The number of nitrogens with zero attached hydrogens (tertiary/aromatic N) is 3. The first kappa shape index (κ1) is 18.4. The third-order valence-electron chi connectivity index (χ3n) is 4.09. The van der Waals surface area contributed by atoms with Gasteiger partial charge in [-0.15, -0.1) is 0 Å². The molecule has 142 valence electrons. The van der Waals surface area contributed by atoms with Crippen LogP contribution in [0.4, 0.5) is 13.2 Å². The highest BCUT2D eigenvalue weighted by atomic mass is 19.4. The Bertz CT molecular complexity index is 1160. The van der Waals surface area contributed by atoms with Gasteiger partial charge >= 0.3 is 11.9 Å². The van der Waals surface area contributed by atoms with E-state index in [2.05, 4.69) is 15.5 Å². The maximum atomic E-state index is 13.2. The Morgan fingerprint density at radius 2 is 1.96 bits per heavy atom. The largest absolute Gasteiger partial charge is 0.416 e. The number of halogens is 3. The van der Waals surface area contributed by atoms with E-state index in [1.54, 1.807) is 0 Å². The van der Waals surface area contributed by atoms with Gasteiger partial charge in [-0.05, 0) is 12.1 Å². The Hall–Kier alpha value is -3.37. The Balaban J connectivity index is 2.35. The standard InChI is InChI=1S/C16H14F3N5O3/c1-20-13(25)7-24-14(26)11(6-23(2)15(24)27)9-3-8(16(17,18)19)4-12-10(9)5-21-22-12/h3-6H,7H2,1-2H3,(H,20,25)(H,21,22). The minimum Gasteiger partial charge on any atom is -0.358 e. The molecule has 0 atom stereocenters. The fraction of sp³-hybridized carbons (Fsp3) is 0.250. The lowest BCUT2D eigenvalue weighted by atomic mass is 10.0. The van der Waals surface area contributed by atoms with Crippen molar-refractivity contribution in [3.8, 4) is 11.1 Å². The van der Waals surface area contributed by atoms with Gasteiger partial charge in [0.2, 0.25) is 5.91 Å². The number of H-pyrrole nitrogens is 1. The molecule has 11 heteroatoms. The number of hydrogen-bond acceptors (Lipinski definition) is 4. The van der Waals surface area contributed by atoms with Crippen LogP contribution in [0.3, 0.4) is 0 Å². The van der Waals surface area contributed by atoms with E-state index in [0.717, 1.165) is 22.9 Å². The summed E-state index contributed by atoms with van der Waals surface area (Å²) in [5.74, 6) is -0.594. The quantitative estimate of drug-likeness (QED) is 0.702. The minimum atomic E-state index is -4.64. The lowest BCUT2D eigenvalue weighted by Crippen LogP contribution is -2.43. The van der Waals surface area contributed by atoms with E-state index in [1.165, 1.54) is 20.3 Å². The van der Waals surface area contributed by atoms with Gasteiger partial charge in [-0.1, -0.05) is 0 Å². The van der Waals surface area contributed by atoms with Gasteiger partial charge in [-0.3, -0.25) is 19.3 Å². The van der Waals surface area contributed by atoms with E-state index in [9.17, 15) is 27.6 Å². The van der Waals surface area contributed by atoms with Gasteiger partial charge in [0.25, 0.3) is 5.56 Å². The second kappa shape index (κ2) is 6.41. The predicted molar refractivity (Wildman–Crippen MR) is 90.1 cm³/mol. The number of rotatable bonds is 3. The van der Waals surface area contributed by atoms with Crippen molar-refractivity contribution < 1.29 is 18.0 Å². The van der Waals surface area contributed by atoms with Crippen LogP contribution < -0.4 is 16.6 Å². The van der Waals surface area contributed by atoms with Crippen molar-refractivity contribution in [1.29, 1.82) is 0 Å². The third kappa shape index (κ3) is 3.23. The third-order valence-corrected chi connectivity index (χ3v) is 4.09. The first-order valence-electron chi connectivity index (χ1n) is 7.69. The molecule has 3 aromatic rings. The zero-order valence-electron chi connectivity index (χ0n) is 14.2. The summed E-state index contributed by atoms with van der Waals surface area (Å²) in [6.45, 7) is -0.552. The number of nitrogens with one attached hydrogen (secondary N) is 2. The van der Waals surface area contributed by atoms with Crippen molar-refractivity contribution in [2.75, 3.05) is 7.05 Å². The number of aromatic amines is 1. The molecule has 2 N–H and O–H groups in total. The number of hydrogen-bond donors (Lipinski definition) is 2. The molecule has 0 unspecified atom stereocenters. The van der Waals surface area contributed by atoms with E-state index in [1.807, 2.05) is 0 Å². The zero-order chi connectivity index (χ0) is 19.9. The molecule has 0 saturated carbocycles. The predicted octanol–water partition coefficient (Wildman–Crippen LogP) is 0.855. The topological polar surface area (TPSA) is 102 Å². The van der Waals surface area contributed by atoms with Crippen LogP contribution in [0.2, 0.25) is 0 Å². The number of benzene rings is 1. The number of likely N-dealkylation sites (N-methyl/N-ethyl adjacent to an activating group) is 1. The number of amides is 1. The van der Waals surface area contributed by atoms with Crippen LogP contribution in [0.25, 0.3) is 22.0 Å². The van der Waals surface area contributed by atoms with Crippen LogP contribution in [-0.4, -0.2) is 32.3 Å². The Morgan fingerprint density at radius 3 is 2.59 bits per heavy atom. The Kier molecular flexibility index (Phi) is 4.38. The molecule has 2 aromatic heterocycles. The van der Waals surface area contributed by atoms with Gasteiger partial charge < -0.3 is 9.88 Å². The zero-order valence-corrected chi connectivity index (χ0v) is 14.2. The molecular weight excluding hydrogens is 367 g/mol. The van der Waals surface area contributed by atoms with Gasteiger partial charge in [0.1, 0.15) is 6.54 Å². The van der Waals surface area contributed by atoms with Crippen molar-refractivity contribution in [3.05, 3.63) is 50.9 Å². The highest BCUT2D eigenvalue weighted by Crippen LogP contribution is 2.35. The molecule has 27 heavy (non-hydrogen) atoms. The summed E-state index contributed by atoms with van der Waals surface area (Å²) in [5.41, 5.74) is -2.71. The summed E-state index contributed by atoms with van der Waals surface area (Å²) in [6.07, 6.45) is -2.21. The van der Waals surface area contributed by atoms with E-state index in [-0.39, 0.29) is 22.0 Å². The SMILES string of the molecule is CNC(=O)Cn1c(=O)c(-c2cc(C(F)(F)F)cc3[nH]ncc23)cn(C)c1=O. The number of aromatic nitrogens is 4. The molecule has 1 amide bonds. The van der Waals surface area contributed by atoms with Gasteiger partial charge in [0.05, 0.1) is 22.8 Å². The normalized spacial score (nSPS) is 11.7. The van der Waals surface area contributed by atoms with Crippen molar-refractivity contribution >= 4 is 16.8 Å². The van der Waals surface area contributed by atoms with Crippen LogP contribution in [0.15, 0.2) is 34.1 Å². The molecule has 2 heterocycles. The first-order valence-corrected chi connectivity index (χ1v) is 7.69. The number of aryl methyl sites for hydroxylation is 1. The highest BCUT2D eigenvalue weighted by molar-refractivity contribution is 5.94. The molecule has 0 fully saturated rings. The van der Waals surface area contributed by atoms with Crippen molar-refractivity contribution in [2.45, 2.75) is 12.7 Å². The van der Waals surface area contributed by atoms with Crippen LogP contribution >= 0.6 is 0 Å². The summed E-state index contributed by atoms with van der Waals surface area (Å²) >= 11 is 0. The van der Waals surface area contributed by atoms with Crippen molar-refractivity contribution in [2.24, 2.45) is 7.05 Å². The van der Waals surface area contributed by atoms with E-state index in [0.29, 0.717) is 4.57 Å². The fourth-order valence-corrected chi connectivity index (χ4v) is 2.71. The summed E-state index contributed by atoms with van der Waals surface area (Å²) in [6, 6.07) is 1.71. The maximum Gasteiger partial charge on any atom is 0.416 e. The average molecular weight is 381 g/mol. The maximum absolute atomic E-state index is 13.2. The number of fused-ring (bicyclic) bond motifs is 1. The number of carbonyl (C=O) groups is 1. The highest BCUT2D eigenvalue weighted by Gasteiger charge is 2.32. The molecule has 1 aromatic carbocycles. The minimum absolute atomic E-state index is 0.0418. The number of alkyl halides is 3. The lowest BCUT2D eigenvalue weighted by molar-refractivity contribution is -0.137. The molecule has 8 nitrogen and oxygen atoms in total. The second-order valence-corrected chi connectivity index (χ2v) is 5.85. The van der Waals surface area contributed by atoms with Gasteiger partial charge in [-0.25, -0.2) is 4.79 Å². The average Bonchev–Trinajstić information content (AvgIpc) is 3.08.